The SMILES string of the molecule is CCCc1cc(C(C)C)cc(C(C)(C)C)c1. The van der Waals surface area contributed by atoms with Crippen molar-refractivity contribution in [3.05, 3.63) is 34.9 Å². The fourth-order valence-electron chi connectivity index (χ4n) is 1.92. The molecule has 0 saturated carbocycles. The van der Waals surface area contributed by atoms with Gasteiger partial charge in [-0.25, -0.2) is 0 Å². The first-order valence-corrected chi connectivity index (χ1v) is 6.49. The molecule has 0 aliphatic rings. The molecule has 1 aromatic rings. The molecule has 0 saturated heterocycles. The Hall–Kier alpha value is -0.780. The first kappa shape index (κ1) is 13.3. The first-order valence-electron chi connectivity index (χ1n) is 6.49. The number of benzene rings is 1. The second kappa shape index (κ2) is 5.03. The number of hydrogen-bond donors (Lipinski definition) is 0. The summed E-state index contributed by atoms with van der Waals surface area (Å²) >= 11 is 0. The highest BCUT2D eigenvalue weighted by Crippen LogP contribution is 2.27. The van der Waals surface area contributed by atoms with Gasteiger partial charge in [0.2, 0.25) is 0 Å². The molecule has 1 rings (SSSR count). The fourth-order valence-corrected chi connectivity index (χ4v) is 1.92. The minimum Gasteiger partial charge on any atom is -0.0651 e. The molecule has 90 valence electrons. The van der Waals surface area contributed by atoms with Crippen LogP contribution in [0.3, 0.4) is 0 Å². The van der Waals surface area contributed by atoms with E-state index in [4.69, 9.17) is 0 Å². The van der Waals surface area contributed by atoms with Crippen LogP contribution in [0.5, 0.6) is 0 Å². The van der Waals surface area contributed by atoms with E-state index in [1.165, 1.54) is 29.5 Å². The smallest absolute Gasteiger partial charge is 0.0132 e. The molecule has 0 aliphatic heterocycles. The molecule has 0 fully saturated rings. The van der Waals surface area contributed by atoms with E-state index < -0.39 is 0 Å². The third kappa shape index (κ3) is 3.37. The zero-order valence-electron chi connectivity index (χ0n) is 11.7. The monoisotopic (exact) mass is 218 g/mol. The van der Waals surface area contributed by atoms with Crippen LogP contribution in [0.2, 0.25) is 0 Å². The lowest BCUT2D eigenvalue weighted by atomic mass is 9.83. The standard InChI is InChI=1S/C16H26/c1-7-8-13-9-14(12(2)3)11-15(10-13)16(4,5)6/h9-12H,7-8H2,1-6H3. The van der Waals surface area contributed by atoms with Gasteiger partial charge in [0.15, 0.2) is 0 Å². The summed E-state index contributed by atoms with van der Waals surface area (Å²) in [4.78, 5) is 0. The predicted molar refractivity (Wildman–Crippen MR) is 73.2 cm³/mol. The van der Waals surface area contributed by atoms with Gasteiger partial charge >= 0.3 is 0 Å². The summed E-state index contributed by atoms with van der Waals surface area (Å²) in [6, 6.07) is 7.14. The predicted octanol–water partition coefficient (Wildman–Crippen LogP) is 5.06. The molecule has 0 unspecified atom stereocenters. The van der Waals surface area contributed by atoms with Crippen molar-refractivity contribution in [1.29, 1.82) is 0 Å². The molecule has 0 heterocycles. The van der Waals surface area contributed by atoms with E-state index in [1.807, 2.05) is 0 Å². The molecule has 0 aromatic heterocycles. The molecular formula is C16H26. The molecule has 0 heteroatoms. The Morgan fingerprint density at radius 2 is 1.69 bits per heavy atom. The third-order valence-electron chi connectivity index (χ3n) is 3.09. The molecule has 0 spiro atoms. The van der Waals surface area contributed by atoms with Crippen LogP contribution in [0.4, 0.5) is 0 Å². The van der Waals surface area contributed by atoms with E-state index in [-0.39, 0.29) is 5.41 Å². The van der Waals surface area contributed by atoms with Gasteiger partial charge in [-0.05, 0) is 34.4 Å². The largest absolute Gasteiger partial charge is 0.0651 e. The van der Waals surface area contributed by atoms with Crippen LogP contribution in [-0.2, 0) is 11.8 Å². The van der Waals surface area contributed by atoms with E-state index in [9.17, 15) is 0 Å². The molecule has 0 nitrogen and oxygen atoms in total. The Morgan fingerprint density at radius 1 is 1.06 bits per heavy atom. The van der Waals surface area contributed by atoms with Crippen LogP contribution in [0.15, 0.2) is 18.2 Å². The van der Waals surface area contributed by atoms with Crippen molar-refractivity contribution in [3.63, 3.8) is 0 Å². The highest BCUT2D eigenvalue weighted by atomic mass is 14.2. The number of aryl methyl sites for hydroxylation is 1. The Labute approximate surface area is 101 Å². The summed E-state index contributed by atoms with van der Waals surface area (Å²) in [5.41, 5.74) is 4.71. The first-order chi connectivity index (χ1) is 7.34. The van der Waals surface area contributed by atoms with Gasteiger partial charge < -0.3 is 0 Å². The summed E-state index contributed by atoms with van der Waals surface area (Å²) in [7, 11) is 0. The molecule has 16 heavy (non-hydrogen) atoms. The highest BCUT2D eigenvalue weighted by Gasteiger charge is 2.15. The van der Waals surface area contributed by atoms with Crippen LogP contribution in [-0.4, -0.2) is 0 Å². The zero-order valence-corrected chi connectivity index (χ0v) is 11.7. The van der Waals surface area contributed by atoms with Gasteiger partial charge in [0, 0.05) is 0 Å². The average molecular weight is 218 g/mol. The van der Waals surface area contributed by atoms with Crippen molar-refractivity contribution in [1.82, 2.24) is 0 Å². The Morgan fingerprint density at radius 3 is 2.12 bits per heavy atom. The minimum atomic E-state index is 0.257. The van der Waals surface area contributed by atoms with Gasteiger partial charge in [-0.1, -0.05) is 66.2 Å². The van der Waals surface area contributed by atoms with Gasteiger partial charge in [-0.15, -0.1) is 0 Å². The Kier molecular flexibility index (Phi) is 4.18. The summed E-state index contributed by atoms with van der Waals surface area (Å²) in [5, 5.41) is 0. The van der Waals surface area contributed by atoms with Crippen molar-refractivity contribution in [2.24, 2.45) is 0 Å². The lowest BCUT2D eigenvalue weighted by molar-refractivity contribution is 0.587. The van der Waals surface area contributed by atoms with Gasteiger partial charge in [0.05, 0.1) is 0 Å². The lowest BCUT2D eigenvalue weighted by Gasteiger charge is -2.22. The van der Waals surface area contributed by atoms with Crippen LogP contribution < -0.4 is 0 Å². The van der Waals surface area contributed by atoms with E-state index in [1.54, 1.807) is 0 Å². The zero-order chi connectivity index (χ0) is 12.3. The second-order valence-electron chi connectivity index (χ2n) is 6.12. The molecule has 0 amide bonds. The summed E-state index contributed by atoms with van der Waals surface area (Å²) in [5.74, 6) is 0.623. The average Bonchev–Trinajstić information content (AvgIpc) is 2.16. The van der Waals surface area contributed by atoms with Gasteiger partial charge in [0.25, 0.3) is 0 Å². The maximum atomic E-state index is 2.38. The fraction of sp³-hybridized carbons (Fsp3) is 0.625. The molecular weight excluding hydrogens is 192 g/mol. The summed E-state index contributed by atoms with van der Waals surface area (Å²) in [6.45, 7) is 13.7. The minimum absolute atomic E-state index is 0.257. The van der Waals surface area contributed by atoms with Crippen LogP contribution in [0.25, 0.3) is 0 Å². The lowest BCUT2D eigenvalue weighted by Crippen LogP contribution is -2.12. The number of hydrogen-bond acceptors (Lipinski definition) is 0. The quantitative estimate of drug-likeness (QED) is 0.665. The van der Waals surface area contributed by atoms with Crippen LogP contribution >= 0.6 is 0 Å². The van der Waals surface area contributed by atoms with Gasteiger partial charge in [-0.3, -0.25) is 0 Å². The van der Waals surface area contributed by atoms with Crippen molar-refractivity contribution < 1.29 is 0 Å². The molecule has 0 radical (unpaired) electrons. The third-order valence-corrected chi connectivity index (χ3v) is 3.09. The topological polar surface area (TPSA) is 0 Å². The van der Waals surface area contributed by atoms with Gasteiger partial charge in [-0.2, -0.15) is 0 Å². The van der Waals surface area contributed by atoms with Crippen molar-refractivity contribution in [3.8, 4) is 0 Å². The van der Waals surface area contributed by atoms with Crippen molar-refractivity contribution >= 4 is 0 Å². The van der Waals surface area contributed by atoms with E-state index in [0.717, 1.165) is 0 Å². The second-order valence-corrected chi connectivity index (χ2v) is 6.12. The Bertz CT molecular complexity index is 340. The van der Waals surface area contributed by atoms with E-state index in [0.29, 0.717) is 5.92 Å². The highest BCUT2D eigenvalue weighted by molar-refractivity contribution is 5.35. The molecule has 0 bridgehead atoms. The molecule has 0 atom stereocenters. The molecule has 0 aliphatic carbocycles. The molecule has 1 aromatic carbocycles. The van der Waals surface area contributed by atoms with Crippen LogP contribution in [0, 0.1) is 0 Å². The Balaban J connectivity index is 3.19. The van der Waals surface area contributed by atoms with E-state index >= 15 is 0 Å². The van der Waals surface area contributed by atoms with Crippen molar-refractivity contribution in [2.75, 3.05) is 0 Å². The maximum Gasteiger partial charge on any atom is -0.0132 e. The van der Waals surface area contributed by atoms with Gasteiger partial charge in [0.1, 0.15) is 0 Å². The summed E-state index contributed by atoms with van der Waals surface area (Å²) in [6.07, 6.45) is 2.43. The number of rotatable bonds is 3. The maximum absolute atomic E-state index is 2.38. The van der Waals surface area contributed by atoms with Crippen molar-refractivity contribution in [2.45, 2.75) is 65.7 Å². The van der Waals surface area contributed by atoms with Crippen LogP contribution in [0.1, 0.15) is 70.6 Å². The normalized spacial score (nSPS) is 12.2. The van der Waals surface area contributed by atoms with E-state index in [2.05, 4.69) is 59.7 Å². The summed E-state index contributed by atoms with van der Waals surface area (Å²) < 4.78 is 0. The molecule has 0 N–H and O–H groups in total.